The lowest BCUT2D eigenvalue weighted by Crippen LogP contribution is -2.46. The molecule has 0 aromatic carbocycles. The highest BCUT2D eigenvalue weighted by Gasteiger charge is 2.18. The van der Waals surface area contributed by atoms with E-state index in [1.54, 1.807) is 0 Å². The van der Waals surface area contributed by atoms with Gasteiger partial charge in [-0.2, -0.15) is 0 Å². The van der Waals surface area contributed by atoms with Crippen molar-refractivity contribution in [2.24, 2.45) is 10.9 Å². The highest BCUT2D eigenvalue weighted by Crippen LogP contribution is 2.17. The number of hydrogen-bond acceptors (Lipinski definition) is 3. The summed E-state index contributed by atoms with van der Waals surface area (Å²) in [6.45, 7) is 11.4. The molecule has 1 atom stereocenters. The number of hydrogen-bond donors (Lipinski definition) is 2. The van der Waals surface area contributed by atoms with Crippen LogP contribution in [0.2, 0.25) is 0 Å². The Labute approximate surface area is 151 Å². The number of likely N-dealkylation sites (tertiary alicyclic amines) is 1. The molecule has 2 heterocycles. The van der Waals surface area contributed by atoms with Gasteiger partial charge in [0.05, 0.1) is 0 Å². The van der Waals surface area contributed by atoms with Gasteiger partial charge in [0.15, 0.2) is 5.96 Å². The predicted molar refractivity (Wildman–Crippen MR) is 106 cm³/mol. The molecule has 1 aliphatic rings. The van der Waals surface area contributed by atoms with Gasteiger partial charge in [0, 0.05) is 35.8 Å². The van der Waals surface area contributed by atoms with Gasteiger partial charge in [0.25, 0.3) is 0 Å². The number of guanidine groups is 1. The molecule has 4 nitrogen and oxygen atoms in total. The van der Waals surface area contributed by atoms with Gasteiger partial charge in [-0.15, -0.1) is 11.3 Å². The highest BCUT2D eigenvalue weighted by atomic mass is 32.1. The van der Waals surface area contributed by atoms with Gasteiger partial charge < -0.3 is 15.5 Å². The summed E-state index contributed by atoms with van der Waals surface area (Å²) in [6.07, 6.45) is 4.91. The summed E-state index contributed by atoms with van der Waals surface area (Å²) in [5.74, 6) is 1.71. The minimum Gasteiger partial charge on any atom is -0.356 e. The molecule has 2 N–H and O–H groups in total. The summed E-state index contributed by atoms with van der Waals surface area (Å²) in [6, 6.07) is 4.82. The van der Waals surface area contributed by atoms with Crippen molar-refractivity contribution < 1.29 is 0 Å². The van der Waals surface area contributed by atoms with Gasteiger partial charge in [-0.05, 0) is 70.8 Å². The molecule has 0 radical (unpaired) electrons. The van der Waals surface area contributed by atoms with Gasteiger partial charge >= 0.3 is 0 Å². The third-order valence-corrected chi connectivity index (χ3v) is 5.74. The van der Waals surface area contributed by atoms with Crippen LogP contribution in [0.15, 0.2) is 17.1 Å². The Morgan fingerprint density at radius 1 is 1.38 bits per heavy atom. The molecule has 0 aliphatic carbocycles. The summed E-state index contributed by atoms with van der Waals surface area (Å²) in [4.78, 5) is 9.80. The molecule has 1 aromatic heterocycles. The Morgan fingerprint density at radius 3 is 2.71 bits per heavy atom. The molecule has 1 unspecified atom stereocenters. The van der Waals surface area contributed by atoms with Crippen LogP contribution in [0.5, 0.6) is 0 Å². The van der Waals surface area contributed by atoms with Crippen LogP contribution in [0, 0.1) is 12.8 Å². The Morgan fingerprint density at radius 2 is 2.12 bits per heavy atom. The average Bonchev–Trinajstić information content (AvgIpc) is 2.98. The Balaban J connectivity index is 1.69. The maximum absolute atomic E-state index is 4.39. The maximum atomic E-state index is 4.39. The largest absolute Gasteiger partial charge is 0.356 e. The molecule has 1 aliphatic heterocycles. The number of nitrogens with one attached hydrogen (secondary N) is 2. The van der Waals surface area contributed by atoms with Crippen molar-refractivity contribution in [1.82, 2.24) is 15.5 Å². The summed E-state index contributed by atoms with van der Waals surface area (Å²) >= 11 is 1.89. The van der Waals surface area contributed by atoms with Crippen LogP contribution in [-0.2, 0) is 6.42 Å². The number of thiophene rings is 1. The van der Waals surface area contributed by atoms with Crippen LogP contribution in [-0.4, -0.2) is 50.1 Å². The van der Waals surface area contributed by atoms with E-state index in [1.165, 1.54) is 48.7 Å². The second kappa shape index (κ2) is 10.0. The average molecular weight is 351 g/mol. The summed E-state index contributed by atoms with van der Waals surface area (Å²) < 4.78 is 0. The number of nitrogens with zero attached hydrogens (tertiary/aromatic N) is 2. The lowest BCUT2D eigenvalue weighted by atomic mass is 9.97. The fraction of sp³-hybridized carbons (Fsp3) is 0.737. The first kappa shape index (κ1) is 19.3. The zero-order valence-corrected chi connectivity index (χ0v) is 16.6. The topological polar surface area (TPSA) is 39.7 Å². The maximum Gasteiger partial charge on any atom is 0.191 e. The van der Waals surface area contributed by atoms with E-state index in [9.17, 15) is 0 Å². The van der Waals surface area contributed by atoms with Crippen molar-refractivity contribution in [2.45, 2.75) is 52.5 Å². The van der Waals surface area contributed by atoms with Gasteiger partial charge in [-0.3, -0.25) is 4.99 Å². The molecule has 5 heteroatoms. The van der Waals surface area contributed by atoms with Gasteiger partial charge in [-0.25, -0.2) is 0 Å². The number of aliphatic imine (C=N–C) groups is 1. The van der Waals surface area contributed by atoms with Crippen LogP contribution >= 0.6 is 11.3 Å². The summed E-state index contributed by atoms with van der Waals surface area (Å²) in [5.41, 5.74) is 0. The van der Waals surface area contributed by atoms with Crippen molar-refractivity contribution in [3.05, 3.63) is 21.9 Å². The van der Waals surface area contributed by atoms with Gasteiger partial charge in [0.1, 0.15) is 0 Å². The normalized spacial score (nSPS) is 18.6. The highest BCUT2D eigenvalue weighted by molar-refractivity contribution is 7.11. The smallest absolute Gasteiger partial charge is 0.191 e. The molecule has 0 saturated carbocycles. The Hall–Kier alpha value is -1.07. The molecule has 0 amide bonds. The first-order valence-corrected chi connectivity index (χ1v) is 10.2. The minimum absolute atomic E-state index is 0.389. The second-order valence-corrected chi connectivity index (χ2v) is 8.37. The van der Waals surface area contributed by atoms with E-state index in [-0.39, 0.29) is 0 Å². The third kappa shape index (κ3) is 6.44. The predicted octanol–water partition coefficient (Wildman–Crippen LogP) is 3.27. The number of aryl methyl sites for hydroxylation is 1. The molecular formula is C19H34N4S. The van der Waals surface area contributed by atoms with Gasteiger partial charge in [0.2, 0.25) is 0 Å². The first-order chi connectivity index (χ1) is 11.6. The lowest BCUT2D eigenvalue weighted by Gasteiger charge is -2.32. The minimum atomic E-state index is 0.389. The molecule has 1 fully saturated rings. The molecule has 24 heavy (non-hydrogen) atoms. The van der Waals surface area contributed by atoms with E-state index >= 15 is 0 Å². The van der Waals surface area contributed by atoms with Crippen molar-refractivity contribution >= 4 is 17.3 Å². The molecule has 136 valence electrons. The number of piperidine rings is 1. The van der Waals surface area contributed by atoms with E-state index in [4.69, 9.17) is 0 Å². The third-order valence-electron chi connectivity index (χ3n) is 4.72. The van der Waals surface area contributed by atoms with Crippen molar-refractivity contribution in [3.63, 3.8) is 0 Å². The van der Waals surface area contributed by atoms with E-state index in [2.05, 4.69) is 53.4 Å². The summed E-state index contributed by atoms with van der Waals surface area (Å²) in [5, 5.41) is 7.06. The fourth-order valence-corrected chi connectivity index (χ4v) is 4.37. The van der Waals surface area contributed by atoms with E-state index in [0.29, 0.717) is 6.04 Å². The Bertz CT molecular complexity index is 503. The Kier molecular flexibility index (Phi) is 8.06. The monoisotopic (exact) mass is 350 g/mol. The van der Waals surface area contributed by atoms with Crippen molar-refractivity contribution in [1.29, 1.82) is 0 Å². The zero-order valence-electron chi connectivity index (χ0n) is 15.8. The molecular weight excluding hydrogens is 316 g/mol. The quantitative estimate of drug-likeness (QED) is 0.586. The van der Waals surface area contributed by atoms with E-state index in [1.807, 2.05) is 18.4 Å². The first-order valence-electron chi connectivity index (χ1n) is 9.35. The standard InChI is InChI=1S/C19H34N4S/c1-5-10-23-11-8-17(9-12-23)14-21-19(20-4)22-15(2)13-18-7-6-16(3)24-18/h6-7,15,17H,5,8-14H2,1-4H3,(H2,20,21,22). The lowest BCUT2D eigenvalue weighted by molar-refractivity contribution is 0.185. The van der Waals surface area contributed by atoms with Crippen molar-refractivity contribution in [2.75, 3.05) is 33.2 Å². The van der Waals surface area contributed by atoms with Crippen LogP contribution in [0.4, 0.5) is 0 Å². The molecule has 1 saturated heterocycles. The fourth-order valence-electron chi connectivity index (χ4n) is 3.35. The molecule has 1 aromatic rings. The van der Waals surface area contributed by atoms with Crippen LogP contribution < -0.4 is 10.6 Å². The summed E-state index contributed by atoms with van der Waals surface area (Å²) in [7, 11) is 1.86. The zero-order chi connectivity index (χ0) is 17.4. The SMILES string of the molecule is CCCN1CCC(CNC(=NC)NC(C)Cc2ccc(C)s2)CC1. The molecule has 2 rings (SSSR count). The van der Waals surface area contributed by atoms with E-state index in [0.717, 1.165) is 24.8 Å². The van der Waals surface area contributed by atoms with E-state index < -0.39 is 0 Å². The van der Waals surface area contributed by atoms with Crippen LogP contribution in [0.3, 0.4) is 0 Å². The molecule has 0 spiro atoms. The van der Waals surface area contributed by atoms with Crippen LogP contribution in [0.1, 0.15) is 42.9 Å². The second-order valence-electron chi connectivity index (χ2n) is 7.00. The number of rotatable bonds is 7. The van der Waals surface area contributed by atoms with Crippen molar-refractivity contribution in [3.8, 4) is 0 Å². The molecule has 0 bridgehead atoms. The van der Waals surface area contributed by atoms with Gasteiger partial charge in [-0.1, -0.05) is 6.92 Å². The van der Waals surface area contributed by atoms with Crippen LogP contribution in [0.25, 0.3) is 0 Å².